The van der Waals surface area contributed by atoms with E-state index in [-0.39, 0.29) is 5.91 Å². The van der Waals surface area contributed by atoms with E-state index in [2.05, 4.69) is 30.0 Å². The highest BCUT2D eigenvalue weighted by Gasteiger charge is 2.27. The number of thioether (sulfide) groups is 1. The minimum atomic E-state index is -0.0422. The van der Waals surface area contributed by atoms with Crippen LogP contribution in [0, 0.1) is 0 Å². The number of likely N-dealkylation sites (tertiary alicyclic amines) is 1. The molecule has 1 saturated heterocycles. The number of hydrogen-bond acceptors (Lipinski definition) is 8. The second-order valence-corrected chi connectivity index (χ2v) is 8.88. The summed E-state index contributed by atoms with van der Waals surface area (Å²) in [5.74, 6) is 2.04. The lowest BCUT2D eigenvalue weighted by Crippen LogP contribution is -2.40. The molecule has 1 unspecified atom stereocenters. The summed E-state index contributed by atoms with van der Waals surface area (Å²) < 4.78 is 8.30. The first-order valence-electron chi connectivity index (χ1n) is 9.47. The van der Waals surface area contributed by atoms with Crippen LogP contribution in [0.4, 0.5) is 5.13 Å². The Bertz CT molecular complexity index is 1020. The molecule has 1 aliphatic heterocycles. The van der Waals surface area contributed by atoms with Gasteiger partial charge in [-0.3, -0.25) is 9.69 Å². The molecule has 0 aliphatic carbocycles. The van der Waals surface area contributed by atoms with Gasteiger partial charge in [0, 0.05) is 19.5 Å². The van der Waals surface area contributed by atoms with Crippen LogP contribution in [0.2, 0.25) is 0 Å². The van der Waals surface area contributed by atoms with E-state index in [0.29, 0.717) is 17.6 Å². The van der Waals surface area contributed by atoms with Gasteiger partial charge in [0.1, 0.15) is 11.6 Å². The molecule has 1 fully saturated rings. The van der Waals surface area contributed by atoms with Crippen LogP contribution in [-0.2, 0) is 11.8 Å². The third-order valence-corrected chi connectivity index (χ3v) is 6.79. The average molecular weight is 433 g/mol. The second-order valence-electron chi connectivity index (χ2n) is 7.08. The molecule has 4 rings (SSSR count). The topological polar surface area (TPSA) is 85.2 Å². The van der Waals surface area contributed by atoms with Crippen LogP contribution in [0.25, 0.3) is 10.2 Å². The Hall–Kier alpha value is -2.17. The number of carbonyl (C=O) groups excluding carboxylic acids is 1. The number of methoxy groups -OCH3 is 1. The number of ether oxygens (including phenoxy) is 1. The molecule has 1 atom stereocenters. The molecule has 2 aromatic heterocycles. The molecule has 0 bridgehead atoms. The molecule has 0 radical (unpaired) electrons. The minimum Gasteiger partial charge on any atom is -0.497 e. The number of nitrogens with zero attached hydrogens (tertiary/aromatic N) is 5. The maximum absolute atomic E-state index is 12.6. The normalized spacial score (nSPS) is 17.6. The zero-order valence-corrected chi connectivity index (χ0v) is 18.3. The van der Waals surface area contributed by atoms with Crippen LogP contribution in [0.1, 0.15) is 24.6 Å². The molecule has 154 valence electrons. The predicted molar refractivity (Wildman–Crippen MR) is 116 cm³/mol. The van der Waals surface area contributed by atoms with Gasteiger partial charge in [0.25, 0.3) is 0 Å². The monoisotopic (exact) mass is 432 g/mol. The average Bonchev–Trinajstić information content (AvgIpc) is 3.29. The number of piperidine rings is 1. The summed E-state index contributed by atoms with van der Waals surface area (Å²) in [5, 5.41) is 13.1. The van der Waals surface area contributed by atoms with Crippen molar-refractivity contribution in [3.05, 3.63) is 24.0 Å². The number of aromatic nitrogens is 4. The van der Waals surface area contributed by atoms with E-state index in [1.807, 2.05) is 31.5 Å². The summed E-state index contributed by atoms with van der Waals surface area (Å²) in [7, 11) is 3.65. The van der Waals surface area contributed by atoms with Gasteiger partial charge < -0.3 is 14.6 Å². The number of carbonyl (C=O) groups is 1. The smallest absolute Gasteiger partial charge is 0.240 e. The van der Waals surface area contributed by atoms with Crippen LogP contribution >= 0.6 is 23.1 Å². The van der Waals surface area contributed by atoms with Crippen molar-refractivity contribution in [1.29, 1.82) is 0 Å². The first-order chi connectivity index (χ1) is 14.1. The van der Waals surface area contributed by atoms with Gasteiger partial charge in [-0.15, -0.1) is 10.2 Å². The number of benzene rings is 1. The summed E-state index contributed by atoms with van der Waals surface area (Å²) in [4.78, 5) is 19.3. The van der Waals surface area contributed by atoms with Crippen LogP contribution in [0.5, 0.6) is 5.75 Å². The summed E-state index contributed by atoms with van der Waals surface area (Å²) >= 11 is 3.05. The van der Waals surface area contributed by atoms with E-state index in [1.165, 1.54) is 11.3 Å². The quantitative estimate of drug-likeness (QED) is 0.599. The van der Waals surface area contributed by atoms with E-state index in [0.717, 1.165) is 52.9 Å². The highest BCUT2D eigenvalue weighted by atomic mass is 32.2. The number of anilines is 1. The Morgan fingerprint density at radius 1 is 1.41 bits per heavy atom. The van der Waals surface area contributed by atoms with Gasteiger partial charge in [-0.05, 0) is 43.8 Å². The van der Waals surface area contributed by atoms with Crippen LogP contribution in [-0.4, -0.2) is 63.6 Å². The Morgan fingerprint density at radius 3 is 3.03 bits per heavy atom. The fourth-order valence-corrected chi connectivity index (χ4v) is 5.12. The fraction of sp³-hybridized carbons (Fsp3) is 0.474. The lowest BCUT2D eigenvalue weighted by Gasteiger charge is -2.31. The number of thiazole rings is 1. The van der Waals surface area contributed by atoms with Crippen molar-refractivity contribution in [3.8, 4) is 5.75 Å². The van der Waals surface area contributed by atoms with E-state index >= 15 is 0 Å². The molecule has 1 aliphatic rings. The van der Waals surface area contributed by atoms with Crippen LogP contribution in [0.3, 0.4) is 0 Å². The molecule has 3 heterocycles. The molecule has 3 aromatic rings. The van der Waals surface area contributed by atoms with Gasteiger partial charge in [-0.1, -0.05) is 23.1 Å². The fourth-order valence-electron chi connectivity index (χ4n) is 3.72. The Morgan fingerprint density at radius 2 is 2.28 bits per heavy atom. The van der Waals surface area contributed by atoms with Gasteiger partial charge in [0.05, 0.1) is 23.9 Å². The molecule has 8 nitrogen and oxygen atoms in total. The third-order valence-electron chi connectivity index (χ3n) is 5.13. The number of rotatable bonds is 6. The van der Waals surface area contributed by atoms with Gasteiger partial charge in [0.15, 0.2) is 10.3 Å². The van der Waals surface area contributed by atoms with Crippen molar-refractivity contribution in [3.63, 3.8) is 0 Å². The van der Waals surface area contributed by atoms with Gasteiger partial charge in [-0.25, -0.2) is 4.98 Å². The van der Waals surface area contributed by atoms with Crippen molar-refractivity contribution < 1.29 is 9.53 Å². The van der Waals surface area contributed by atoms with Gasteiger partial charge >= 0.3 is 0 Å². The molecule has 29 heavy (non-hydrogen) atoms. The van der Waals surface area contributed by atoms with Gasteiger partial charge in [-0.2, -0.15) is 0 Å². The molecule has 1 N–H and O–H groups in total. The Kier molecular flexibility index (Phi) is 6.02. The predicted octanol–water partition coefficient (Wildman–Crippen LogP) is 2.97. The molecular weight excluding hydrogens is 408 g/mol. The van der Waals surface area contributed by atoms with Crippen molar-refractivity contribution >= 4 is 44.4 Å². The van der Waals surface area contributed by atoms with Gasteiger partial charge in [0.2, 0.25) is 5.91 Å². The van der Waals surface area contributed by atoms with Crippen molar-refractivity contribution in [2.75, 3.05) is 38.3 Å². The number of amides is 1. The summed E-state index contributed by atoms with van der Waals surface area (Å²) in [6.07, 6.45) is 4.11. The number of fused-ring (bicyclic) bond motifs is 1. The largest absolute Gasteiger partial charge is 0.497 e. The summed E-state index contributed by atoms with van der Waals surface area (Å²) in [6.45, 7) is 2.07. The first kappa shape index (κ1) is 20.1. The van der Waals surface area contributed by atoms with Crippen molar-refractivity contribution in [2.45, 2.75) is 23.9 Å². The molecule has 10 heteroatoms. The van der Waals surface area contributed by atoms with E-state index in [1.54, 1.807) is 18.9 Å². The Balaban J connectivity index is 1.38. The highest BCUT2D eigenvalue weighted by molar-refractivity contribution is 7.98. The number of nitrogens with one attached hydrogen (secondary N) is 1. The van der Waals surface area contributed by atoms with E-state index in [9.17, 15) is 4.79 Å². The van der Waals surface area contributed by atoms with E-state index < -0.39 is 0 Å². The standard InChI is InChI=1S/C19H24N6O2S2/c1-24-17(22-23-19(24)28-3)12-5-4-8-25(10-12)11-16(26)21-18-20-14-7-6-13(27-2)9-15(14)29-18/h6-7,9,12H,4-5,8,10-11H2,1-3H3,(H,20,21,26). The Labute approximate surface area is 177 Å². The molecule has 0 spiro atoms. The second kappa shape index (κ2) is 8.68. The molecular formula is C19H24N6O2S2. The lowest BCUT2D eigenvalue weighted by molar-refractivity contribution is -0.117. The highest BCUT2D eigenvalue weighted by Crippen LogP contribution is 2.30. The van der Waals surface area contributed by atoms with Crippen LogP contribution in [0.15, 0.2) is 23.4 Å². The SMILES string of the molecule is COc1ccc2nc(NC(=O)CN3CCCC(c4nnc(SC)n4C)C3)sc2c1. The lowest BCUT2D eigenvalue weighted by atomic mass is 9.97. The molecule has 0 saturated carbocycles. The molecule has 1 aromatic carbocycles. The summed E-state index contributed by atoms with van der Waals surface area (Å²) in [5.41, 5.74) is 0.857. The minimum absolute atomic E-state index is 0.0422. The van der Waals surface area contributed by atoms with Crippen molar-refractivity contribution in [1.82, 2.24) is 24.6 Å². The zero-order valence-electron chi connectivity index (χ0n) is 16.7. The first-order valence-corrected chi connectivity index (χ1v) is 11.5. The third kappa shape index (κ3) is 4.39. The van der Waals surface area contributed by atoms with Crippen LogP contribution < -0.4 is 10.1 Å². The summed E-state index contributed by atoms with van der Waals surface area (Å²) in [6, 6.07) is 5.71. The van der Waals surface area contributed by atoms with Crippen molar-refractivity contribution in [2.24, 2.45) is 7.05 Å². The number of hydrogen-bond donors (Lipinski definition) is 1. The van der Waals surface area contributed by atoms with E-state index in [4.69, 9.17) is 4.74 Å². The zero-order chi connectivity index (χ0) is 20.4. The maximum atomic E-state index is 12.6. The maximum Gasteiger partial charge on any atom is 0.240 e. The molecule has 1 amide bonds.